The van der Waals surface area contributed by atoms with Gasteiger partial charge in [0.15, 0.2) is 0 Å². The van der Waals surface area contributed by atoms with Gasteiger partial charge in [0.05, 0.1) is 12.2 Å². The highest BCUT2D eigenvalue weighted by molar-refractivity contribution is 5.48. The molecule has 0 bridgehead atoms. The third-order valence-electron chi connectivity index (χ3n) is 2.74. The Kier molecular flexibility index (Phi) is 6.47. The fraction of sp³-hybridized carbons (Fsp3) is 0.714. The lowest BCUT2D eigenvalue weighted by Gasteiger charge is -2.14. The number of rotatable bonds is 8. The summed E-state index contributed by atoms with van der Waals surface area (Å²) in [5, 5.41) is 3.32. The van der Waals surface area contributed by atoms with E-state index in [2.05, 4.69) is 43.0 Å². The van der Waals surface area contributed by atoms with E-state index in [1.165, 1.54) is 0 Å². The first-order chi connectivity index (χ1) is 8.69. The Balaban J connectivity index is 2.71. The lowest BCUT2D eigenvalue weighted by Crippen LogP contribution is -2.10. The second-order valence-electron chi connectivity index (χ2n) is 4.82. The van der Waals surface area contributed by atoms with Crippen LogP contribution in [0.25, 0.3) is 0 Å². The quantitative estimate of drug-likeness (QED) is 0.770. The molecule has 0 saturated carbocycles. The van der Waals surface area contributed by atoms with E-state index in [0.29, 0.717) is 5.92 Å². The molecule has 0 radical (unpaired) electrons. The van der Waals surface area contributed by atoms with Gasteiger partial charge in [0.1, 0.15) is 12.1 Å². The third kappa shape index (κ3) is 4.51. The highest BCUT2D eigenvalue weighted by atomic mass is 16.5. The minimum atomic E-state index is 0.648. The molecule has 0 aliphatic heterocycles. The van der Waals surface area contributed by atoms with E-state index in [4.69, 9.17) is 4.74 Å². The third-order valence-corrected chi connectivity index (χ3v) is 2.74. The molecule has 1 N–H and O–H groups in total. The number of anilines is 1. The first kappa shape index (κ1) is 14.7. The second-order valence-corrected chi connectivity index (χ2v) is 4.82. The molecule has 1 aromatic heterocycles. The minimum Gasteiger partial charge on any atom is -0.477 e. The summed E-state index contributed by atoms with van der Waals surface area (Å²) in [4.78, 5) is 8.53. The van der Waals surface area contributed by atoms with Gasteiger partial charge in [-0.2, -0.15) is 0 Å². The molecule has 0 spiro atoms. The molecule has 0 aromatic carbocycles. The van der Waals surface area contributed by atoms with Crippen LogP contribution in [0, 0.1) is 5.92 Å². The van der Waals surface area contributed by atoms with Gasteiger partial charge in [-0.15, -0.1) is 0 Å². The van der Waals surface area contributed by atoms with E-state index in [0.717, 1.165) is 49.7 Å². The average molecular weight is 251 g/mol. The van der Waals surface area contributed by atoms with Crippen molar-refractivity contribution in [3.05, 3.63) is 11.9 Å². The number of nitrogens with zero attached hydrogens (tertiary/aromatic N) is 2. The van der Waals surface area contributed by atoms with Gasteiger partial charge in [-0.25, -0.2) is 9.97 Å². The van der Waals surface area contributed by atoms with Gasteiger partial charge in [0, 0.05) is 6.54 Å². The van der Waals surface area contributed by atoms with Crippen molar-refractivity contribution in [2.24, 2.45) is 5.92 Å². The van der Waals surface area contributed by atoms with Crippen LogP contribution in [0.1, 0.15) is 46.1 Å². The molecule has 0 saturated heterocycles. The van der Waals surface area contributed by atoms with Gasteiger partial charge < -0.3 is 10.1 Å². The van der Waals surface area contributed by atoms with Crippen LogP contribution in [0.5, 0.6) is 5.88 Å². The van der Waals surface area contributed by atoms with Crippen molar-refractivity contribution in [2.45, 2.75) is 47.0 Å². The van der Waals surface area contributed by atoms with Crippen LogP contribution in [0.4, 0.5) is 5.82 Å². The molecule has 0 amide bonds. The predicted octanol–water partition coefficient (Wildman–Crippen LogP) is 3.29. The first-order valence-corrected chi connectivity index (χ1v) is 6.89. The lowest BCUT2D eigenvalue weighted by atomic mass is 10.1. The standard InChI is InChI=1S/C14H25N3O/c1-5-8-15-13-12(6-2)14(17-10-16-13)18-9-7-11(3)4/h10-11H,5-9H2,1-4H3,(H,15,16,17). The molecule has 0 aliphatic carbocycles. The molecule has 4 heteroatoms. The van der Waals surface area contributed by atoms with Crippen molar-refractivity contribution in [3.8, 4) is 5.88 Å². The summed E-state index contributed by atoms with van der Waals surface area (Å²) in [5.74, 6) is 2.29. The molecule has 1 rings (SSSR count). The number of nitrogens with one attached hydrogen (secondary N) is 1. The molecular formula is C14H25N3O. The Morgan fingerprint density at radius 3 is 2.67 bits per heavy atom. The minimum absolute atomic E-state index is 0.648. The zero-order chi connectivity index (χ0) is 13.4. The van der Waals surface area contributed by atoms with E-state index in [1.54, 1.807) is 6.33 Å². The Hall–Kier alpha value is -1.32. The van der Waals surface area contributed by atoms with Crippen LogP contribution in [-0.2, 0) is 6.42 Å². The smallest absolute Gasteiger partial charge is 0.221 e. The zero-order valence-corrected chi connectivity index (χ0v) is 12.0. The van der Waals surface area contributed by atoms with Crippen molar-refractivity contribution in [1.29, 1.82) is 0 Å². The summed E-state index contributed by atoms with van der Waals surface area (Å²) in [6.45, 7) is 10.3. The molecular weight excluding hydrogens is 226 g/mol. The van der Waals surface area contributed by atoms with Crippen molar-refractivity contribution < 1.29 is 4.74 Å². The molecule has 4 nitrogen and oxygen atoms in total. The zero-order valence-electron chi connectivity index (χ0n) is 12.0. The summed E-state index contributed by atoms with van der Waals surface area (Å²) < 4.78 is 5.77. The van der Waals surface area contributed by atoms with Crippen LogP contribution in [-0.4, -0.2) is 23.1 Å². The van der Waals surface area contributed by atoms with Crippen LogP contribution < -0.4 is 10.1 Å². The van der Waals surface area contributed by atoms with E-state index < -0.39 is 0 Å². The van der Waals surface area contributed by atoms with Crippen molar-refractivity contribution in [1.82, 2.24) is 9.97 Å². The highest BCUT2D eigenvalue weighted by Gasteiger charge is 2.10. The van der Waals surface area contributed by atoms with Gasteiger partial charge in [-0.1, -0.05) is 27.7 Å². The van der Waals surface area contributed by atoms with E-state index in [-0.39, 0.29) is 0 Å². The first-order valence-electron chi connectivity index (χ1n) is 6.89. The largest absolute Gasteiger partial charge is 0.477 e. The van der Waals surface area contributed by atoms with Gasteiger partial charge in [-0.05, 0) is 25.2 Å². The van der Waals surface area contributed by atoms with Crippen LogP contribution in [0.3, 0.4) is 0 Å². The Morgan fingerprint density at radius 1 is 1.28 bits per heavy atom. The summed E-state index contributed by atoms with van der Waals surface area (Å²) in [5.41, 5.74) is 1.08. The number of ether oxygens (including phenoxy) is 1. The average Bonchev–Trinajstić information content (AvgIpc) is 2.36. The topological polar surface area (TPSA) is 47.0 Å². The van der Waals surface area contributed by atoms with Gasteiger partial charge in [-0.3, -0.25) is 0 Å². The Labute approximate surface area is 110 Å². The molecule has 0 unspecified atom stereocenters. The summed E-state index contributed by atoms with van der Waals surface area (Å²) in [7, 11) is 0. The normalized spacial score (nSPS) is 10.7. The monoisotopic (exact) mass is 251 g/mol. The molecule has 0 aliphatic rings. The fourth-order valence-electron chi connectivity index (χ4n) is 1.63. The summed E-state index contributed by atoms with van der Waals surface area (Å²) in [6, 6.07) is 0. The molecule has 0 fully saturated rings. The fourth-order valence-corrected chi connectivity index (χ4v) is 1.63. The van der Waals surface area contributed by atoms with Gasteiger partial charge in [0.25, 0.3) is 0 Å². The maximum atomic E-state index is 5.77. The van der Waals surface area contributed by atoms with E-state index in [9.17, 15) is 0 Å². The van der Waals surface area contributed by atoms with Crippen molar-refractivity contribution in [3.63, 3.8) is 0 Å². The van der Waals surface area contributed by atoms with Gasteiger partial charge >= 0.3 is 0 Å². The second kappa shape index (κ2) is 7.90. The highest BCUT2D eigenvalue weighted by Crippen LogP contribution is 2.22. The van der Waals surface area contributed by atoms with E-state index >= 15 is 0 Å². The molecule has 1 aromatic rings. The maximum Gasteiger partial charge on any atom is 0.221 e. The number of aromatic nitrogens is 2. The number of hydrogen-bond acceptors (Lipinski definition) is 4. The maximum absolute atomic E-state index is 5.77. The van der Waals surface area contributed by atoms with Crippen LogP contribution >= 0.6 is 0 Å². The van der Waals surface area contributed by atoms with Crippen molar-refractivity contribution >= 4 is 5.82 Å². The number of hydrogen-bond donors (Lipinski definition) is 1. The summed E-state index contributed by atoms with van der Waals surface area (Å²) >= 11 is 0. The van der Waals surface area contributed by atoms with Crippen molar-refractivity contribution in [2.75, 3.05) is 18.5 Å². The van der Waals surface area contributed by atoms with Gasteiger partial charge in [0.2, 0.25) is 5.88 Å². The Bertz CT molecular complexity index is 353. The predicted molar refractivity (Wildman–Crippen MR) is 75.1 cm³/mol. The molecule has 1 heterocycles. The summed E-state index contributed by atoms with van der Waals surface area (Å²) in [6.07, 6.45) is 4.58. The van der Waals surface area contributed by atoms with Crippen LogP contribution in [0.15, 0.2) is 6.33 Å². The molecule has 102 valence electrons. The molecule has 18 heavy (non-hydrogen) atoms. The Morgan fingerprint density at radius 2 is 2.06 bits per heavy atom. The SMILES string of the molecule is CCCNc1ncnc(OCCC(C)C)c1CC. The van der Waals surface area contributed by atoms with Crippen LogP contribution in [0.2, 0.25) is 0 Å². The van der Waals surface area contributed by atoms with E-state index in [1.807, 2.05) is 0 Å². The molecule has 0 atom stereocenters. The lowest BCUT2D eigenvalue weighted by molar-refractivity contribution is 0.276.